The van der Waals surface area contributed by atoms with Crippen LogP contribution in [0.1, 0.15) is 64.9 Å². The molecule has 5 nitrogen and oxygen atoms in total. The third-order valence-electron chi connectivity index (χ3n) is 8.60. The largest absolute Gasteiger partial charge is 0.392 e. The zero-order chi connectivity index (χ0) is 23.0. The van der Waals surface area contributed by atoms with Gasteiger partial charge in [0.05, 0.1) is 6.10 Å². The van der Waals surface area contributed by atoms with E-state index in [4.69, 9.17) is 0 Å². The fourth-order valence-electron chi connectivity index (χ4n) is 6.29. The molecule has 3 fully saturated rings. The molecule has 0 aliphatic heterocycles. The van der Waals surface area contributed by atoms with Crippen LogP contribution in [0.5, 0.6) is 0 Å². The van der Waals surface area contributed by atoms with Gasteiger partial charge in [0.1, 0.15) is 5.82 Å². The number of fused-ring (bicyclic) bond motifs is 1. The normalized spacial score (nSPS) is 35.5. The van der Waals surface area contributed by atoms with E-state index in [1.807, 2.05) is 6.92 Å². The van der Waals surface area contributed by atoms with Crippen molar-refractivity contribution >= 4 is 11.8 Å². The molecule has 3 saturated carbocycles. The molecule has 3 aliphatic rings. The van der Waals surface area contributed by atoms with Gasteiger partial charge in [0.2, 0.25) is 11.8 Å². The number of amides is 2. The molecule has 1 unspecified atom stereocenters. The average Bonchev–Trinajstić information content (AvgIpc) is 3.60. The van der Waals surface area contributed by atoms with Crippen molar-refractivity contribution in [3.8, 4) is 0 Å². The summed E-state index contributed by atoms with van der Waals surface area (Å²) in [6.45, 7) is 6.67. The molecule has 3 aliphatic carbocycles. The molecule has 0 heterocycles. The molecule has 0 bridgehead atoms. The minimum absolute atomic E-state index is 0.0421. The topological polar surface area (TPSA) is 78.4 Å². The Morgan fingerprint density at radius 2 is 1.81 bits per heavy atom. The van der Waals surface area contributed by atoms with Gasteiger partial charge in [0, 0.05) is 24.4 Å². The lowest BCUT2D eigenvalue weighted by Crippen LogP contribution is -2.58. The van der Waals surface area contributed by atoms with Crippen LogP contribution in [-0.4, -0.2) is 29.1 Å². The van der Waals surface area contributed by atoms with Crippen LogP contribution in [-0.2, 0) is 16.1 Å². The number of hydrogen-bond donors (Lipinski definition) is 3. The lowest BCUT2D eigenvalue weighted by molar-refractivity contribution is -0.144. The molecular formula is C26H37FN2O3. The molecule has 176 valence electrons. The van der Waals surface area contributed by atoms with Gasteiger partial charge in [-0.2, -0.15) is 0 Å². The summed E-state index contributed by atoms with van der Waals surface area (Å²) in [5, 5.41) is 17.7. The van der Waals surface area contributed by atoms with Crippen molar-refractivity contribution in [2.24, 2.45) is 35.0 Å². The maximum atomic E-state index is 13.1. The molecule has 0 radical (unpaired) electrons. The summed E-state index contributed by atoms with van der Waals surface area (Å²) in [5.74, 6) is -0.217. The van der Waals surface area contributed by atoms with Crippen LogP contribution in [0.4, 0.5) is 4.39 Å². The van der Waals surface area contributed by atoms with Gasteiger partial charge in [-0.25, -0.2) is 4.39 Å². The molecule has 0 aromatic heterocycles. The summed E-state index contributed by atoms with van der Waals surface area (Å²) in [7, 11) is 0. The number of hydrogen-bond acceptors (Lipinski definition) is 3. The number of carbonyl (C=O) groups excluding carboxylic acids is 2. The third kappa shape index (κ3) is 4.70. The molecule has 4 rings (SSSR count). The Morgan fingerprint density at radius 3 is 2.47 bits per heavy atom. The number of nitrogens with one attached hydrogen (secondary N) is 2. The monoisotopic (exact) mass is 444 g/mol. The van der Waals surface area contributed by atoms with Gasteiger partial charge < -0.3 is 15.7 Å². The third-order valence-corrected chi connectivity index (χ3v) is 8.60. The number of halogens is 1. The molecule has 2 amide bonds. The highest BCUT2D eigenvalue weighted by molar-refractivity contribution is 5.81. The van der Waals surface area contributed by atoms with Crippen LogP contribution in [0.2, 0.25) is 0 Å². The van der Waals surface area contributed by atoms with E-state index < -0.39 is 6.10 Å². The number of benzene rings is 1. The fourth-order valence-corrected chi connectivity index (χ4v) is 6.29. The van der Waals surface area contributed by atoms with E-state index in [2.05, 4.69) is 24.5 Å². The zero-order valence-electron chi connectivity index (χ0n) is 19.4. The standard InChI is InChI=1S/C26H37FN2O3/c1-15(24(31)28-14-17-4-8-19(27)9-5-17)20-10-12-26(3)13-11-21(16(2)22(26)23(20)30)29-25(32)18-6-7-18/h4-5,8-9,15-16,18,20-23,30H,6-7,10-14H2,1-3H3,(H,28,31)(H,29,32)/t15-,16+,20?,21-,22+,23-,26-/m0/s1. The summed E-state index contributed by atoms with van der Waals surface area (Å²) in [6, 6.07) is 6.21. The van der Waals surface area contributed by atoms with Gasteiger partial charge in [-0.3, -0.25) is 9.59 Å². The van der Waals surface area contributed by atoms with Crippen molar-refractivity contribution in [3.05, 3.63) is 35.6 Å². The van der Waals surface area contributed by atoms with Gasteiger partial charge >= 0.3 is 0 Å². The first-order chi connectivity index (χ1) is 15.2. The van der Waals surface area contributed by atoms with Crippen molar-refractivity contribution in [1.29, 1.82) is 0 Å². The molecule has 3 N–H and O–H groups in total. The van der Waals surface area contributed by atoms with E-state index in [-0.39, 0.29) is 58.7 Å². The Labute approximate surface area is 190 Å². The van der Waals surface area contributed by atoms with Crippen molar-refractivity contribution < 1.29 is 19.1 Å². The van der Waals surface area contributed by atoms with E-state index >= 15 is 0 Å². The van der Waals surface area contributed by atoms with E-state index in [1.54, 1.807) is 12.1 Å². The Hall–Kier alpha value is -1.95. The number of aliphatic hydroxyl groups excluding tert-OH is 1. The molecule has 7 atom stereocenters. The molecule has 32 heavy (non-hydrogen) atoms. The summed E-state index contributed by atoms with van der Waals surface area (Å²) in [4.78, 5) is 25.3. The van der Waals surface area contributed by atoms with E-state index in [0.717, 1.165) is 44.1 Å². The molecular weight excluding hydrogens is 407 g/mol. The van der Waals surface area contributed by atoms with Gasteiger partial charge in [-0.15, -0.1) is 0 Å². The maximum absolute atomic E-state index is 13.1. The second kappa shape index (κ2) is 9.12. The van der Waals surface area contributed by atoms with Crippen molar-refractivity contribution in [3.63, 3.8) is 0 Å². The summed E-state index contributed by atoms with van der Waals surface area (Å²) in [6.07, 6.45) is 5.17. The number of rotatable bonds is 6. The van der Waals surface area contributed by atoms with Crippen LogP contribution in [0.3, 0.4) is 0 Å². The first-order valence-corrected chi connectivity index (χ1v) is 12.2. The SMILES string of the molecule is C[C@H]1[C@@H]2[C@@H](O)C([C@H](C)C(=O)NCc3ccc(F)cc3)CC[C@@]2(C)CC[C@@H]1NC(=O)C1CC1. The van der Waals surface area contributed by atoms with Gasteiger partial charge in [0.25, 0.3) is 0 Å². The van der Waals surface area contributed by atoms with Crippen molar-refractivity contribution in [1.82, 2.24) is 10.6 Å². The molecule has 1 aromatic carbocycles. The molecule has 6 heteroatoms. The minimum atomic E-state index is -0.573. The molecule has 0 saturated heterocycles. The van der Waals surface area contributed by atoms with Crippen LogP contribution < -0.4 is 10.6 Å². The highest BCUT2D eigenvalue weighted by Gasteiger charge is 2.54. The second-order valence-electron chi connectivity index (χ2n) is 10.8. The van der Waals surface area contributed by atoms with Crippen molar-refractivity contribution in [2.75, 3.05) is 0 Å². The summed E-state index contributed by atoms with van der Waals surface area (Å²) >= 11 is 0. The highest BCUT2D eigenvalue weighted by Crippen LogP contribution is 2.55. The van der Waals surface area contributed by atoms with Gasteiger partial charge in [-0.1, -0.05) is 32.9 Å². The zero-order valence-corrected chi connectivity index (χ0v) is 19.4. The highest BCUT2D eigenvalue weighted by atomic mass is 19.1. The Kier molecular flexibility index (Phi) is 6.62. The van der Waals surface area contributed by atoms with E-state index in [0.29, 0.717) is 6.54 Å². The number of carbonyl (C=O) groups is 2. The number of aliphatic hydroxyl groups is 1. The average molecular weight is 445 g/mol. The Morgan fingerprint density at radius 1 is 1.16 bits per heavy atom. The van der Waals surface area contributed by atoms with Crippen molar-refractivity contribution in [2.45, 2.75) is 78.0 Å². The molecule has 0 spiro atoms. The predicted molar refractivity (Wildman–Crippen MR) is 121 cm³/mol. The van der Waals surface area contributed by atoms with Gasteiger partial charge in [0.15, 0.2) is 0 Å². The fraction of sp³-hybridized carbons (Fsp3) is 0.692. The van der Waals surface area contributed by atoms with Crippen LogP contribution in [0.25, 0.3) is 0 Å². The Balaban J connectivity index is 1.40. The minimum Gasteiger partial charge on any atom is -0.392 e. The quantitative estimate of drug-likeness (QED) is 0.625. The van der Waals surface area contributed by atoms with Crippen LogP contribution in [0, 0.1) is 40.8 Å². The Bertz CT molecular complexity index is 840. The first-order valence-electron chi connectivity index (χ1n) is 12.2. The first kappa shape index (κ1) is 23.2. The summed E-state index contributed by atoms with van der Waals surface area (Å²) in [5.41, 5.74) is 0.888. The van der Waals surface area contributed by atoms with E-state index in [1.165, 1.54) is 12.1 Å². The summed E-state index contributed by atoms with van der Waals surface area (Å²) < 4.78 is 13.1. The van der Waals surface area contributed by atoms with Crippen LogP contribution in [0.15, 0.2) is 24.3 Å². The lowest BCUT2D eigenvalue weighted by atomic mass is 9.51. The van der Waals surface area contributed by atoms with E-state index in [9.17, 15) is 19.1 Å². The smallest absolute Gasteiger partial charge is 0.223 e. The lowest BCUT2D eigenvalue weighted by Gasteiger charge is -2.56. The predicted octanol–water partition coefficient (Wildman–Crippen LogP) is 3.80. The molecule has 1 aromatic rings. The van der Waals surface area contributed by atoms with Gasteiger partial charge in [-0.05, 0) is 79.4 Å². The maximum Gasteiger partial charge on any atom is 0.223 e. The van der Waals surface area contributed by atoms with Crippen LogP contribution >= 0.6 is 0 Å². The second-order valence-corrected chi connectivity index (χ2v) is 10.8.